The zero-order valence-corrected chi connectivity index (χ0v) is 59.5. The van der Waals surface area contributed by atoms with Gasteiger partial charge in [-0.15, -0.1) is 0 Å². The first-order valence-electron chi connectivity index (χ1n) is 34.2. The van der Waals surface area contributed by atoms with Crippen LogP contribution in [0.15, 0.2) is 94.9 Å². The minimum atomic E-state index is -2.00. The minimum Gasteiger partial charge on any atom is -0.508 e. The zero-order chi connectivity index (χ0) is 80.6. The SMILES string of the molecule is C[C@H](NC(=O)[C@H](CO)NC(=O)[C@H](CO)NC(=O)[C@H](Cc1ccc(O)cc1)NC(=O)[C@H](Cc1ccccc1)NC(=O)CNC(=O)[C@H](CCCN=C(N)N)NC(=O)[C@H](CCCN=C(N)N)NC(=O)[C@@H](NC(=O)[C@H](CC(=O)O)NC(=O)[C@H](Cc1ccccc1)NC(=O)[C@@H](N)CCCCN)[C@@H](C)O)C(=O)N[C@@H](CO)C(=O)O. The molecule has 0 radical (unpaired) electrons. The number of amides is 12. The van der Waals surface area contributed by atoms with Crippen molar-refractivity contribution in [3.05, 3.63) is 102 Å². The number of guanidine groups is 2. The second kappa shape index (κ2) is 47.7. The molecule has 0 heterocycles. The van der Waals surface area contributed by atoms with Gasteiger partial charge in [0, 0.05) is 32.4 Å². The summed E-state index contributed by atoms with van der Waals surface area (Å²) in [6.45, 7) is -1.91. The summed E-state index contributed by atoms with van der Waals surface area (Å²) in [5.74, 6) is -17.3. The van der Waals surface area contributed by atoms with Crippen molar-refractivity contribution in [1.29, 1.82) is 0 Å². The van der Waals surface area contributed by atoms with Crippen LogP contribution in [0.2, 0.25) is 0 Å². The highest BCUT2D eigenvalue weighted by Gasteiger charge is 2.38. The van der Waals surface area contributed by atoms with Crippen LogP contribution >= 0.6 is 0 Å². The number of hydrogen-bond acceptors (Lipinski definition) is 23. The molecule has 3 rings (SSSR count). The smallest absolute Gasteiger partial charge is 0.328 e. The summed E-state index contributed by atoms with van der Waals surface area (Å²) in [6, 6.07) is 1.63. The van der Waals surface area contributed by atoms with Gasteiger partial charge in [0.05, 0.1) is 44.9 Å². The molecular formula is C67H100N20O21. The van der Waals surface area contributed by atoms with Gasteiger partial charge in [0.1, 0.15) is 72.2 Å². The quantitative estimate of drug-likeness (QED) is 0.0142. The molecule has 31 N–H and O–H groups in total. The fourth-order valence-corrected chi connectivity index (χ4v) is 10.1. The van der Waals surface area contributed by atoms with Gasteiger partial charge >= 0.3 is 11.9 Å². The molecule has 3 aromatic rings. The van der Waals surface area contributed by atoms with Gasteiger partial charge in [0.2, 0.25) is 70.9 Å². The lowest BCUT2D eigenvalue weighted by atomic mass is 10.0. The number of unbranched alkanes of at least 4 members (excludes halogenated alkanes) is 1. The predicted molar refractivity (Wildman–Crippen MR) is 386 cm³/mol. The Balaban J connectivity index is 1.93. The molecule has 0 aliphatic carbocycles. The van der Waals surface area contributed by atoms with Crippen molar-refractivity contribution in [3.8, 4) is 5.75 Å². The maximum atomic E-state index is 14.5. The van der Waals surface area contributed by atoms with E-state index in [2.05, 4.69) is 68.5 Å². The molecule has 0 saturated heterocycles. The number of carbonyl (C=O) groups excluding carboxylic acids is 12. The predicted octanol–water partition coefficient (Wildman–Crippen LogP) is -9.63. The van der Waals surface area contributed by atoms with Crippen LogP contribution in [0.5, 0.6) is 5.75 Å². The van der Waals surface area contributed by atoms with E-state index in [1.165, 1.54) is 24.3 Å². The molecular weight excluding hydrogens is 1420 g/mol. The Morgan fingerprint density at radius 2 is 0.806 bits per heavy atom. The lowest BCUT2D eigenvalue weighted by Gasteiger charge is -2.28. The molecule has 13 atom stereocenters. The summed E-state index contributed by atoms with van der Waals surface area (Å²) < 4.78 is 0. The number of aliphatic imine (C=N–C) groups is 2. The molecule has 0 aliphatic heterocycles. The number of nitrogens with one attached hydrogen (secondary N) is 12. The van der Waals surface area contributed by atoms with E-state index in [0.717, 1.165) is 13.8 Å². The van der Waals surface area contributed by atoms with Crippen LogP contribution in [0.25, 0.3) is 0 Å². The number of nitrogens with two attached hydrogens (primary N) is 6. The third-order valence-corrected chi connectivity index (χ3v) is 16.0. The number of benzene rings is 3. The van der Waals surface area contributed by atoms with E-state index in [4.69, 9.17) is 34.4 Å². The number of aromatic hydroxyl groups is 1. The van der Waals surface area contributed by atoms with Crippen molar-refractivity contribution < 1.29 is 103 Å². The number of phenols is 1. The molecule has 41 nitrogen and oxygen atoms in total. The first kappa shape index (κ1) is 90.6. The number of carboxylic acids is 2. The zero-order valence-electron chi connectivity index (χ0n) is 59.5. The van der Waals surface area contributed by atoms with Crippen LogP contribution in [-0.4, -0.2) is 255 Å². The molecule has 41 heteroatoms. The number of nitrogens with zero attached hydrogens (tertiary/aromatic N) is 2. The summed E-state index contributed by atoms with van der Waals surface area (Å²) in [5.41, 5.74) is 35.1. The Morgan fingerprint density at radius 1 is 0.417 bits per heavy atom. The Bertz CT molecular complexity index is 3550. The second-order valence-corrected chi connectivity index (χ2v) is 24.8. The lowest BCUT2D eigenvalue weighted by molar-refractivity contribution is -0.143. The molecule has 0 spiro atoms. The van der Waals surface area contributed by atoms with E-state index in [0.29, 0.717) is 36.1 Å². The first-order chi connectivity index (χ1) is 51.2. The monoisotopic (exact) mass is 1520 g/mol. The number of aliphatic carboxylic acids is 2. The standard InChI is InChI=1S/C67H100N20O21/c1-35(54(96)86-50(34-90)65(107)108)77-62(104)48(32-88)85-63(105)49(33-89)84-60(102)46(29-39-20-22-40(92)23-21-39)82-58(100)44(27-37-13-5-3-6-14-37)78-51(93)31-76-56(98)42(18-11-25-74-66(70)71)79-57(99)43(19-12-26-75-67(72)73)80-64(106)53(36(2)91)87-61(103)47(30-52(94)95)83-59(101)45(28-38-15-7-4-8-16-38)81-55(97)41(69)17-9-10-24-68/h3-8,13-16,20-23,35-36,41-50,53,88-92H,9-12,17-19,24-34,68-69H2,1-2H3,(H,76,98)(H,77,104)(H,78,93)(H,79,99)(H,80,106)(H,81,97)(H,82,100)(H,83,101)(H,84,102)(H,85,105)(H,86,96)(H,87,103)(H,94,95)(H,107,108)(H4,70,71,74)(H4,72,73,75)/t35-,36+,41-,42-,43-,44-,45-,46-,47-,48-,49-,50-,53-/m0/s1. The molecule has 0 unspecified atom stereocenters. The highest BCUT2D eigenvalue weighted by molar-refractivity contribution is 6.00. The van der Waals surface area contributed by atoms with Crippen LogP contribution in [0.1, 0.15) is 81.9 Å². The second-order valence-electron chi connectivity index (χ2n) is 24.8. The van der Waals surface area contributed by atoms with Crippen LogP contribution in [0.3, 0.4) is 0 Å². The number of hydrogen-bond donors (Lipinski definition) is 25. The van der Waals surface area contributed by atoms with Crippen LogP contribution in [0.4, 0.5) is 0 Å². The highest BCUT2D eigenvalue weighted by Crippen LogP contribution is 2.14. The number of phenolic OH excluding ortho intramolecular Hbond substituents is 1. The Morgan fingerprint density at radius 3 is 1.26 bits per heavy atom. The van der Waals surface area contributed by atoms with Crippen molar-refractivity contribution >= 4 is 94.7 Å². The van der Waals surface area contributed by atoms with Crippen molar-refractivity contribution in [2.24, 2.45) is 44.4 Å². The first-order valence-corrected chi connectivity index (χ1v) is 34.2. The lowest BCUT2D eigenvalue weighted by Crippen LogP contribution is -2.62. The summed E-state index contributed by atoms with van der Waals surface area (Å²) in [5, 5.41) is 97.7. The van der Waals surface area contributed by atoms with Crippen molar-refractivity contribution in [2.75, 3.05) is 46.0 Å². The Hall–Kier alpha value is -11.7. The molecule has 108 heavy (non-hydrogen) atoms. The van der Waals surface area contributed by atoms with Crippen molar-refractivity contribution in [1.82, 2.24) is 63.8 Å². The fourth-order valence-electron chi connectivity index (χ4n) is 10.1. The van der Waals surface area contributed by atoms with Crippen LogP contribution in [0, 0.1) is 0 Å². The van der Waals surface area contributed by atoms with E-state index in [1.54, 1.807) is 60.7 Å². The van der Waals surface area contributed by atoms with E-state index in [1.807, 2.05) is 5.32 Å². The minimum absolute atomic E-state index is 0.0222. The maximum absolute atomic E-state index is 14.5. The molecule has 594 valence electrons. The van der Waals surface area contributed by atoms with Crippen LogP contribution in [-0.2, 0) is 86.4 Å². The van der Waals surface area contributed by atoms with Gasteiger partial charge in [0.25, 0.3) is 0 Å². The highest BCUT2D eigenvalue weighted by atomic mass is 16.4. The number of rotatable bonds is 49. The average molecular weight is 1520 g/mol. The number of carboxylic acid groups (broad SMARTS) is 2. The van der Waals surface area contributed by atoms with Gasteiger partial charge in [-0.1, -0.05) is 79.2 Å². The van der Waals surface area contributed by atoms with Gasteiger partial charge in [-0.05, 0) is 87.7 Å². The molecule has 12 amide bonds. The number of aliphatic hydroxyl groups is 4. The van der Waals surface area contributed by atoms with Crippen molar-refractivity contribution in [2.45, 2.75) is 163 Å². The molecule has 0 bridgehead atoms. The van der Waals surface area contributed by atoms with Crippen molar-refractivity contribution in [3.63, 3.8) is 0 Å². The van der Waals surface area contributed by atoms with Gasteiger partial charge in [-0.25, -0.2) is 4.79 Å². The fraction of sp³-hybridized carbons (Fsp3) is 0.493. The third-order valence-electron chi connectivity index (χ3n) is 16.0. The summed E-state index contributed by atoms with van der Waals surface area (Å²) in [6.07, 6.45) is -3.13. The maximum Gasteiger partial charge on any atom is 0.328 e. The van der Waals surface area contributed by atoms with E-state index < -0.39 is 194 Å². The molecule has 3 aromatic carbocycles. The van der Waals surface area contributed by atoms with Crippen LogP contribution < -0.4 is 98.2 Å². The summed E-state index contributed by atoms with van der Waals surface area (Å²) in [7, 11) is 0. The molecule has 0 aliphatic rings. The van der Waals surface area contributed by atoms with E-state index >= 15 is 0 Å². The topological polar surface area (TPSA) is 706 Å². The Kier molecular flexibility index (Phi) is 40.0. The average Bonchev–Trinajstić information content (AvgIpc) is 0.855. The third kappa shape index (κ3) is 33.6. The van der Waals surface area contributed by atoms with E-state index in [-0.39, 0.29) is 82.1 Å². The van der Waals surface area contributed by atoms with Gasteiger partial charge in [-0.2, -0.15) is 0 Å². The van der Waals surface area contributed by atoms with Gasteiger partial charge < -0.3 is 134 Å². The largest absolute Gasteiger partial charge is 0.508 e. The number of carbonyl (C=O) groups is 14. The summed E-state index contributed by atoms with van der Waals surface area (Å²) >= 11 is 0. The van der Waals surface area contributed by atoms with Gasteiger partial charge in [0.15, 0.2) is 11.9 Å². The molecule has 0 aromatic heterocycles. The molecule has 0 saturated carbocycles. The van der Waals surface area contributed by atoms with E-state index in [9.17, 15) is 103 Å². The normalized spacial score (nSPS) is 14.5. The summed E-state index contributed by atoms with van der Waals surface area (Å²) in [4.78, 5) is 198. The van der Waals surface area contributed by atoms with Gasteiger partial charge in [-0.3, -0.25) is 72.3 Å². The molecule has 0 fully saturated rings. The Labute approximate surface area is 620 Å². The number of aliphatic hydroxyl groups excluding tert-OH is 4.